The Labute approximate surface area is 223 Å². The Kier molecular flexibility index (Phi) is 5.78. The van der Waals surface area contributed by atoms with Crippen molar-refractivity contribution in [3.63, 3.8) is 0 Å². The Hall–Kier alpha value is -4.96. The molecule has 3 aromatic carbocycles. The summed E-state index contributed by atoms with van der Waals surface area (Å²) in [4.78, 5) is 20.2. The average molecular weight is 521 g/mol. The Balaban J connectivity index is 1.24. The first kappa shape index (κ1) is 23.2. The Bertz CT molecular complexity index is 1690. The minimum atomic E-state index is -1.00. The second-order valence-electron chi connectivity index (χ2n) is 9.21. The van der Waals surface area contributed by atoms with Gasteiger partial charge >= 0.3 is 6.01 Å². The number of amides is 1. The highest BCUT2D eigenvalue weighted by atomic mass is 16.5. The van der Waals surface area contributed by atoms with Crippen LogP contribution >= 0.6 is 0 Å². The van der Waals surface area contributed by atoms with Gasteiger partial charge in [0, 0.05) is 29.6 Å². The van der Waals surface area contributed by atoms with E-state index in [0.717, 1.165) is 40.9 Å². The molecule has 10 nitrogen and oxygen atoms in total. The molecule has 2 aliphatic heterocycles. The highest BCUT2D eigenvalue weighted by Crippen LogP contribution is 2.40. The largest absolute Gasteiger partial charge is 0.449 e. The third-order valence-corrected chi connectivity index (χ3v) is 6.77. The van der Waals surface area contributed by atoms with Crippen LogP contribution in [0.3, 0.4) is 0 Å². The molecule has 0 saturated carbocycles. The molecule has 7 rings (SSSR count). The molecular weight excluding hydrogens is 496 g/mol. The van der Waals surface area contributed by atoms with Crippen molar-refractivity contribution < 1.29 is 18.4 Å². The zero-order chi connectivity index (χ0) is 26.2. The van der Waals surface area contributed by atoms with Crippen molar-refractivity contribution in [3.05, 3.63) is 90.0 Å². The average Bonchev–Trinajstić information content (AvgIpc) is 3.58. The fourth-order valence-electron chi connectivity index (χ4n) is 4.95. The number of carbonyl (C=O) groups is 1. The number of anilines is 3. The monoisotopic (exact) mass is 520 g/mol. The third kappa shape index (κ3) is 4.30. The van der Waals surface area contributed by atoms with Gasteiger partial charge in [-0.05, 0) is 18.2 Å². The normalized spacial score (nSPS) is 17.3. The third-order valence-electron chi connectivity index (χ3n) is 6.77. The molecule has 1 amide bonds. The van der Waals surface area contributed by atoms with E-state index in [1.807, 2.05) is 78.9 Å². The summed E-state index contributed by atoms with van der Waals surface area (Å²) >= 11 is 0. The quantitative estimate of drug-likeness (QED) is 0.347. The number of para-hydroxylation sites is 2. The van der Waals surface area contributed by atoms with Gasteiger partial charge in [0.15, 0.2) is 0 Å². The molecular formula is C29H24N6O4. The zero-order valence-corrected chi connectivity index (χ0v) is 20.8. The van der Waals surface area contributed by atoms with Gasteiger partial charge in [0.05, 0.1) is 30.3 Å². The predicted molar refractivity (Wildman–Crippen MR) is 147 cm³/mol. The first-order chi connectivity index (χ1) is 19.2. The number of nitrogens with one attached hydrogen (secondary N) is 2. The summed E-state index contributed by atoms with van der Waals surface area (Å²) in [5.41, 5.74) is 4.67. The van der Waals surface area contributed by atoms with E-state index in [4.69, 9.17) is 18.6 Å². The number of furan rings is 1. The van der Waals surface area contributed by atoms with Crippen LogP contribution in [-0.4, -0.2) is 54.3 Å². The van der Waals surface area contributed by atoms with Gasteiger partial charge in [0.25, 0.3) is 11.8 Å². The lowest BCUT2D eigenvalue weighted by Crippen LogP contribution is -2.36. The molecule has 1 fully saturated rings. The van der Waals surface area contributed by atoms with Crippen LogP contribution < -0.4 is 15.5 Å². The maximum Gasteiger partial charge on any atom is 0.317 e. The molecule has 4 heterocycles. The van der Waals surface area contributed by atoms with Crippen molar-refractivity contribution in [2.75, 3.05) is 41.8 Å². The molecule has 1 atom stereocenters. The number of ether oxygens (including phenoxy) is 1. The number of hydrogen-bond donors (Lipinski definition) is 2. The molecule has 2 aromatic heterocycles. The maximum absolute atomic E-state index is 13.2. The van der Waals surface area contributed by atoms with Crippen molar-refractivity contribution in [2.24, 2.45) is 4.99 Å². The maximum atomic E-state index is 13.2. The fraction of sp³-hybridized carbons (Fsp3) is 0.172. The van der Waals surface area contributed by atoms with Crippen LogP contribution in [0.2, 0.25) is 0 Å². The van der Waals surface area contributed by atoms with E-state index in [1.165, 1.54) is 0 Å². The van der Waals surface area contributed by atoms with E-state index in [0.29, 0.717) is 30.4 Å². The molecule has 10 heteroatoms. The fourth-order valence-corrected chi connectivity index (χ4v) is 4.95. The van der Waals surface area contributed by atoms with Crippen molar-refractivity contribution in [1.29, 1.82) is 0 Å². The number of hydrogen-bond acceptors (Lipinski definition) is 9. The van der Waals surface area contributed by atoms with E-state index in [-0.39, 0.29) is 17.8 Å². The molecule has 5 aromatic rings. The van der Waals surface area contributed by atoms with E-state index < -0.39 is 6.17 Å². The van der Waals surface area contributed by atoms with Gasteiger partial charge in [-0.3, -0.25) is 4.79 Å². The number of aliphatic imine (C=N–C) groups is 1. The van der Waals surface area contributed by atoms with Crippen LogP contribution in [0, 0.1) is 0 Å². The first-order valence-electron chi connectivity index (χ1n) is 12.7. The number of rotatable bonds is 5. The summed E-state index contributed by atoms with van der Waals surface area (Å²) in [6, 6.07) is 25.2. The van der Waals surface area contributed by atoms with E-state index >= 15 is 0 Å². The van der Waals surface area contributed by atoms with Gasteiger partial charge in [-0.1, -0.05) is 65.8 Å². The van der Waals surface area contributed by atoms with Crippen LogP contribution in [0.25, 0.3) is 22.6 Å². The Morgan fingerprint density at radius 3 is 2.51 bits per heavy atom. The summed E-state index contributed by atoms with van der Waals surface area (Å²) < 4.78 is 17.7. The smallest absolute Gasteiger partial charge is 0.317 e. The molecule has 1 saturated heterocycles. The number of benzodiazepines with no additional fused rings is 1. The number of nitrogens with zero attached hydrogens (tertiary/aromatic N) is 4. The van der Waals surface area contributed by atoms with Crippen molar-refractivity contribution in [1.82, 2.24) is 10.2 Å². The van der Waals surface area contributed by atoms with Crippen molar-refractivity contribution in [3.8, 4) is 11.7 Å². The van der Waals surface area contributed by atoms with Gasteiger partial charge in [0.1, 0.15) is 5.58 Å². The number of aromatic nitrogens is 2. The molecule has 39 heavy (non-hydrogen) atoms. The topological polar surface area (TPSA) is 118 Å². The summed E-state index contributed by atoms with van der Waals surface area (Å²) in [6.45, 7) is 2.68. The van der Waals surface area contributed by atoms with Gasteiger partial charge in [-0.2, -0.15) is 0 Å². The van der Waals surface area contributed by atoms with Crippen LogP contribution in [0.4, 0.5) is 17.4 Å². The summed E-state index contributed by atoms with van der Waals surface area (Å²) in [7, 11) is 0. The van der Waals surface area contributed by atoms with Gasteiger partial charge in [0.2, 0.25) is 11.9 Å². The molecule has 2 N–H and O–H groups in total. The molecule has 2 aliphatic rings. The van der Waals surface area contributed by atoms with E-state index in [9.17, 15) is 4.79 Å². The molecule has 194 valence electrons. The molecule has 0 spiro atoms. The predicted octanol–water partition coefficient (Wildman–Crippen LogP) is 4.55. The number of morpholine rings is 1. The lowest BCUT2D eigenvalue weighted by molar-refractivity contribution is -0.116. The SMILES string of the molecule is O=C1Nc2ccccc2C(c2ccccc2)=NC1Nc1nnc(-c2oc3ccccc3c2N2CCOCC2)o1. The van der Waals surface area contributed by atoms with Crippen LogP contribution in [0.1, 0.15) is 11.1 Å². The Morgan fingerprint density at radius 1 is 0.872 bits per heavy atom. The lowest BCUT2D eigenvalue weighted by atomic mass is 10.0. The van der Waals surface area contributed by atoms with Crippen LogP contribution in [-0.2, 0) is 9.53 Å². The Morgan fingerprint density at radius 2 is 1.64 bits per heavy atom. The molecule has 0 aliphatic carbocycles. The second-order valence-corrected chi connectivity index (χ2v) is 9.21. The molecule has 0 radical (unpaired) electrons. The summed E-state index contributed by atoms with van der Waals surface area (Å²) in [5, 5.41) is 15.4. The lowest BCUT2D eigenvalue weighted by Gasteiger charge is -2.28. The van der Waals surface area contributed by atoms with Gasteiger partial charge in [-0.25, -0.2) is 4.99 Å². The number of carbonyl (C=O) groups excluding carboxylic acids is 1. The van der Waals surface area contributed by atoms with E-state index in [2.05, 4.69) is 25.7 Å². The minimum Gasteiger partial charge on any atom is -0.449 e. The standard InChI is InChI=1S/C29H24N6O4/c36-27-26(31-23(18-8-2-1-3-9-18)19-10-4-6-12-21(19)30-27)32-29-34-33-28(39-29)25-24(35-14-16-37-17-15-35)20-11-5-7-13-22(20)38-25/h1-13,26H,14-17H2,(H,30,36)(H,32,34). The van der Waals surface area contributed by atoms with Gasteiger partial charge < -0.3 is 29.1 Å². The molecule has 0 bridgehead atoms. The highest BCUT2D eigenvalue weighted by Gasteiger charge is 2.29. The molecule has 1 unspecified atom stereocenters. The minimum absolute atomic E-state index is 0.0562. The summed E-state index contributed by atoms with van der Waals surface area (Å²) in [5.74, 6) is 0.343. The number of benzene rings is 3. The van der Waals surface area contributed by atoms with Crippen molar-refractivity contribution >= 4 is 40.0 Å². The first-order valence-corrected chi connectivity index (χ1v) is 12.7. The van der Waals surface area contributed by atoms with Crippen molar-refractivity contribution in [2.45, 2.75) is 6.17 Å². The van der Waals surface area contributed by atoms with Crippen LogP contribution in [0.15, 0.2) is 92.7 Å². The summed E-state index contributed by atoms with van der Waals surface area (Å²) in [6.07, 6.45) is -1.00. The zero-order valence-electron chi connectivity index (χ0n) is 20.8. The highest BCUT2D eigenvalue weighted by molar-refractivity contribution is 6.19. The number of fused-ring (bicyclic) bond motifs is 2. The van der Waals surface area contributed by atoms with E-state index in [1.54, 1.807) is 0 Å². The van der Waals surface area contributed by atoms with Gasteiger partial charge in [-0.15, -0.1) is 5.10 Å². The van der Waals surface area contributed by atoms with Crippen LogP contribution in [0.5, 0.6) is 0 Å². The second kappa shape index (κ2) is 9.73.